The summed E-state index contributed by atoms with van der Waals surface area (Å²) in [6, 6.07) is 0. The molecule has 3 fully saturated rings. The van der Waals surface area contributed by atoms with E-state index in [0.717, 1.165) is 52.1 Å². The Labute approximate surface area is 123 Å². The van der Waals surface area contributed by atoms with Crippen molar-refractivity contribution in [1.29, 1.82) is 0 Å². The van der Waals surface area contributed by atoms with Crippen molar-refractivity contribution in [2.75, 3.05) is 32.8 Å². The van der Waals surface area contributed by atoms with Gasteiger partial charge in [-0.2, -0.15) is 0 Å². The number of piperidine rings is 1. The monoisotopic (exact) mass is 282 g/mol. The second-order valence-corrected chi connectivity index (χ2v) is 7.38. The smallest absolute Gasteiger partial charge is 0.0691 e. The normalized spacial score (nSPS) is 41.4. The Kier molecular flexibility index (Phi) is 3.87. The molecule has 4 nitrogen and oxygen atoms in total. The van der Waals surface area contributed by atoms with E-state index < -0.39 is 0 Å². The van der Waals surface area contributed by atoms with E-state index in [2.05, 4.69) is 25.7 Å². The number of fused-ring (bicyclic) bond motifs is 1. The SMILES string of the molecule is CCOC1CCN(CC2(N)C3CCOC3C2(C)C)CC1. The topological polar surface area (TPSA) is 47.7 Å². The molecule has 3 atom stereocenters. The molecule has 116 valence electrons. The van der Waals surface area contributed by atoms with Crippen LogP contribution in [0.5, 0.6) is 0 Å². The molecule has 0 aromatic carbocycles. The minimum atomic E-state index is -0.0768. The maximum Gasteiger partial charge on any atom is 0.0691 e. The van der Waals surface area contributed by atoms with Crippen LogP contribution in [0.1, 0.15) is 40.0 Å². The predicted molar refractivity (Wildman–Crippen MR) is 79.6 cm³/mol. The number of nitrogens with two attached hydrogens (primary N) is 1. The minimum Gasteiger partial charge on any atom is -0.378 e. The van der Waals surface area contributed by atoms with E-state index in [-0.39, 0.29) is 11.0 Å². The van der Waals surface area contributed by atoms with Gasteiger partial charge in [-0.05, 0) is 26.2 Å². The molecule has 3 unspecified atom stereocenters. The average Bonchev–Trinajstić information content (AvgIpc) is 2.90. The van der Waals surface area contributed by atoms with Crippen LogP contribution in [0.2, 0.25) is 0 Å². The van der Waals surface area contributed by atoms with Gasteiger partial charge < -0.3 is 20.1 Å². The average molecular weight is 282 g/mol. The number of nitrogens with zero attached hydrogens (tertiary/aromatic N) is 1. The maximum absolute atomic E-state index is 6.84. The lowest BCUT2D eigenvalue weighted by Crippen LogP contribution is -2.78. The Morgan fingerprint density at radius 3 is 2.60 bits per heavy atom. The van der Waals surface area contributed by atoms with Crippen LogP contribution in [0.3, 0.4) is 0 Å². The molecule has 0 radical (unpaired) electrons. The third-order valence-electron chi connectivity index (χ3n) is 6.09. The van der Waals surface area contributed by atoms with Crippen LogP contribution < -0.4 is 5.73 Å². The zero-order chi connectivity index (χ0) is 14.4. The Balaban J connectivity index is 1.58. The van der Waals surface area contributed by atoms with Gasteiger partial charge in [0.05, 0.1) is 12.2 Å². The Bertz CT molecular complexity index is 352. The highest BCUT2D eigenvalue weighted by molar-refractivity contribution is 5.21. The van der Waals surface area contributed by atoms with Crippen LogP contribution >= 0.6 is 0 Å². The molecule has 2 heterocycles. The van der Waals surface area contributed by atoms with E-state index >= 15 is 0 Å². The number of ether oxygens (including phenoxy) is 2. The first-order valence-electron chi connectivity index (χ1n) is 8.23. The lowest BCUT2D eigenvalue weighted by Gasteiger charge is -2.63. The van der Waals surface area contributed by atoms with Gasteiger partial charge in [-0.25, -0.2) is 0 Å². The van der Waals surface area contributed by atoms with Gasteiger partial charge in [0.2, 0.25) is 0 Å². The fraction of sp³-hybridized carbons (Fsp3) is 1.00. The van der Waals surface area contributed by atoms with Crippen molar-refractivity contribution in [2.45, 2.75) is 57.8 Å². The van der Waals surface area contributed by atoms with Gasteiger partial charge in [0.15, 0.2) is 0 Å². The molecule has 2 aliphatic heterocycles. The standard InChI is InChI=1S/C16H30N2O2/c1-4-19-12-5-8-18(9-6-12)11-16(17)13-7-10-20-14(13)15(16,2)3/h12-14H,4-11,17H2,1-3H3. The van der Waals surface area contributed by atoms with Gasteiger partial charge in [0, 0.05) is 49.7 Å². The molecule has 0 amide bonds. The summed E-state index contributed by atoms with van der Waals surface area (Å²) in [5.74, 6) is 0.558. The van der Waals surface area contributed by atoms with Crippen LogP contribution in [-0.2, 0) is 9.47 Å². The summed E-state index contributed by atoms with van der Waals surface area (Å²) < 4.78 is 11.6. The van der Waals surface area contributed by atoms with Crippen molar-refractivity contribution in [3.05, 3.63) is 0 Å². The quantitative estimate of drug-likeness (QED) is 0.851. The molecule has 3 aliphatic rings. The minimum absolute atomic E-state index is 0.0768. The summed E-state index contributed by atoms with van der Waals surface area (Å²) in [7, 11) is 0. The fourth-order valence-electron chi connectivity index (χ4n) is 4.64. The van der Waals surface area contributed by atoms with E-state index in [9.17, 15) is 0 Å². The summed E-state index contributed by atoms with van der Waals surface area (Å²) in [4.78, 5) is 2.55. The molecule has 1 aliphatic carbocycles. The highest BCUT2D eigenvalue weighted by atomic mass is 16.5. The summed E-state index contributed by atoms with van der Waals surface area (Å²) in [5, 5.41) is 0. The number of hydrogen-bond donors (Lipinski definition) is 1. The van der Waals surface area contributed by atoms with E-state index in [1.807, 2.05) is 0 Å². The van der Waals surface area contributed by atoms with Gasteiger partial charge in [0.25, 0.3) is 0 Å². The predicted octanol–water partition coefficient (Wildman–Crippen LogP) is 1.63. The molecular formula is C16H30N2O2. The van der Waals surface area contributed by atoms with Gasteiger partial charge in [-0.15, -0.1) is 0 Å². The van der Waals surface area contributed by atoms with Crippen molar-refractivity contribution in [1.82, 2.24) is 4.90 Å². The molecule has 3 rings (SSSR count). The fourth-order valence-corrected chi connectivity index (χ4v) is 4.64. The number of hydrogen-bond acceptors (Lipinski definition) is 4. The molecule has 0 aromatic heterocycles. The Hall–Kier alpha value is -0.160. The van der Waals surface area contributed by atoms with E-state index in [1.165, 1.54) is 0 Å². The Morgan fingerprint density at radius 2 is 1.95 bits per heavy atom. The van der Waals surface area contributed by atoms with Crippen LogP contribution in [0.15, 0.2) is 0 Å². The zero-order valence-electron chi connectivity index (χ0n) is 13.2. The van der Waals surface area contributed by atoms with E-state index in [0.29, 0.717) is 18.1 Å². The first-order chi connectivity index (χ1) is 9.49. The van der Waals surface area contributed by atoms with E-state index in [4.69, 9.17) is 15.2 Å². The van der Waals surface area contributed by atoms with Crippen molar-refractivity contribution < 1.29 is 9.47 Å². The summed E-state index contributed by atoms with van der Waals surface area (Å²) in [6.07, 6.45) is 4.28. The van der Waals surface area contributed by atoms with Gasteiger partial charge in [0.1, 0.15) is 0 Å². The molecule has 0 aromatic rings. The molecule has 0 spiro atoms. The molecule has 0 bridgehead atoms. The molecule has 20 heavy (non-hydrogen) atoms. The lowest BCUT2D eigenvalue weighted by molar-refractivity contribution is -0.165. The number of rotatable bonds is 4. The molecule has 2 saturated heterocycles. The highest BCUT2D eigenvalue weighted by Gasteiger charge is 2.67. The molecular weight excluding hydrogens is 252 g/mol. The lowest BCUT2D eigenvalue weighted by atomic mass is 9.48. The summed E-state index contributed by atoms with van der Waals surface area (Å²) in [6.45, 7) is 11.6. The third kappa shape index (κ3) is 2.12. The molecule has 2 N–H and O–H groups in total. The highest BCUT2D eigenvalue weighted by Crippen LogP contribution is 2.58. The van der Waals surface area contributed by atoms with Crippen molar-refractivity contribution in [3.63, 3.8) is 0 Å². The molecule has 4 heteroatoms. The van der Waals surface area contributed by atoms with Gasteiger partial charge in [-0.1, -0.05) is 13.8 Å². The zero-order valence-corrected chi connectivity index (χ0v) is 13.2. The van der Waals surface area contributed by atoms with Crippen LogP contribution in [0, 0.1) is 11.3 Å². The molecule has 1 saturated carbocycles. The van der Waals surface area contributed by atoms with Gasteiger partial charge in [-0.3, -0.25) is 0 Å². The van der Waals surface area contributed by atoms with Crippen molar-refractivity contribution in [2.24, 2.45) is 17.1 Å². The van der Waals surface area contributed by atoms with Crippen molar-refractivity contribution >= 4 is 0 Å². The largest absolute Gasteiger partial charge is 0.378 e. The van der Waals surface area contributed by atoms with Crippen LogP contribution in [0.25, 0.3) is 0 Å². The number of likely N-dealkylation sites (tertiary alicyclic amines) is 1. The second-order valence-electron chi connectivity index (χ2n) is 7.38. The summed E-state index contributed by atoms with van der Waals surface area (Å²) >= 11 is 0. The van der Waals surface area contributed by atoms with Crippen molar-refractivity contribution in [3.8, 4) is 0 Å². The van der Waals surface area contributed by atoms with Crippen LogP contribution in [-0.4, -0.2) is 55.5 Å². The van der Waals surface area contributed by atoms with Crippen LogP contribution in [0.4, 0.5) is 0 Å². The third-order valence-corrected chi connectivity index (χ3v) is 6.09. The van der Waals surface area contributed by atoms with E-state index in [1.54, 1.807) is 0 Å². The summed E-state index contributed by atoms with van der Waals surface area (Å²) in [5.41, 5.74) is 6.86. The maximum atomic E-state index is 6.84. The van der Waals surface area contributed by atoms with Gasteiger partial charge >= 0.3 is 0 Å². The Morgan fingerprint density at radius 1 is 1.25 bits per heavy atom. The second kappa shape index (κ2) is 5.24. The first kappa shape index (κ1) is 14.8. The first-order valence-corrected chi connectivity index (χ1v) is 8.23.